The Morgan fingerprint density at radius 2 is 2.10 bits per heavy atom. The van der Waals surface area contributed by atoms with Crippen molar-refractivity contribution in [3.05, 3.63) is 17.8 Å². The molecule has 6 heteroatoms. The second-order valence-electron chi connectivity index (χ2n) is 4.75. The van der Waals surface area contributed by atoms with Gasteiger partial charge in [-0.25, -0.2) is 4.98 Å². The van der Waals surface area contributed by atoms with Crippen molar-refractivity contribution < 1.29 is 14.3 Å². The van der Waals surface area contributed by atoms with Crippen LogP contribution in [0.25, 0.3) is 0 Å². The minimum atomic E-state index is -0.619. The molecule has 0 unspecified atom stereocenters. The van der Waals surface area contributed by atoms with Crippen LogP contribution in [0.4, 0.5) is 5.69 Å². The number of anilines is 1. The molecule has 1 rings (SSSR count). The molecular weight excluding hydrogens is 324 g/mol. The Hall–Kier alpha value is -1.14. The van der Waals surface area contributed by atoms with Crippen molar-refractivity contribution in [3.8, 4) is 5.88 Å². The van der Waals surface area contributed by atoms with E-state index in [0.717, 1.165) is 0 Å². The lowest BCUT2D eigenvalue weighted by molar-refractivity contribution is -0.117. The molecule has 0 aromatic carbocycles. The summed E-state index contributed by atoms with van der Waals surface area (Å²) in [5.41, 5.74) is 1.39. The van der Waals surface area contributed by atoms with E-state index in [2.05, 4.69) is 26.2 Å². The first-order valence-corrected chi connectivity index (χ1v) is 7.32. The minimum Gasteiger partial charge on any atom is -0.475 e. The number of aryl methyl sites for hydroxylation is 1. The van der Waals surface area contributed by atoms with Gasteiger partial charge in [0.25, 0.3) is 0 Å². The van der Waals surface area contributed by atoms with Crippen molar-refractivity contribution in [2.75, 3.05) is 25.1 Å². The Morgan fingerprint density at radius 1 is 1.40 bits per heavy atom. The van der Waals surface area contributed by atoms with Crippen LogP contribution in [0.5, 0.6) is 5.88 Å². The standard InChI is InChI=1S/C14H21BrN2O3/c1-5-19-8-9-20-12-7-6-11(10(2)16-12)17-13(18)14(3,4)15/h6-7H,5,8-9H2,1-4H3,(H,17,18). The molecule has 1 N–H and O–H groups in total. The first-order chi connectivity index (χ1) is 9.34. The Balaban J connectivity index is 2.62. The second kappa shape index (κ2) is 7.59. The molecule has 1 heterocycles. The zero-order chi connectivity index (χ0) is 15.2. The normalized spacial score (nSPS) is 11.2. The molecule has 20 heavy (non-hydrogen) atoms. The van der Waals surface area contributed by atoms with Crippen LogP contribution in [0.3, 0.4) is 0 Å². The van der Waals surface area contributed by atoms with Gasteiger partial charge in [-0.2, -0.15) is 0 Å². The van der Waals surface area contributed by atoms with Crippen LogP contribution < -0.4 is 10.1 Å². The summed E-state index contributed by atoms with van der Waals surface area (Å²) in [4.78, 5) is 16.2. The van der Waals surface area contributed by atoms with Gasteiger partial charge < -0.3 is 14.8 Å². The number of pyridine rings is 1. The smallest absolute Gasteiger partial charge is 0.240 e. The second-order valence-corrected chi connectivity index (χ2v) is 6.74. The number of hydrogen-bond acceptors (Lipinski definition) is 4. The number of nitrogens with zero attached hydrogens (tertiary/aromatic N) is 1. The van der Waals surface area contributed by atoms with E-state index < -0.39 is 4.32 Å². The van der Waals surface area contributed by atoms with E-state index in [0.29, 0.717) is 37.1 Å². The van der Waals surface area contributed by atoms with Gasteiger partial charge in [-0.05, 0) is 33.8 Å². The number of alkyl halides is 1. The third kappa shape index (κ3) is 5.46. The van der Waals surface area contributed by atoms with Crippen molar-refractivity contribution in [2.24, 2.45) is 0 Å². The number of ether oxygens (including phenoxy) is 2. The average molecular weight is 345 g/mol. The lowest BCUT2D eigenvalue weighted by atomic mass is 10.2. The van der Waals surface area contributed by atoms with Gasteiger partial charge in [0.05, 0.1) is 22.3 Å². The molecule has 0 fully saturated rings. The Morgan fingerprint density at radius 3 is 2.65 bits per heavy atom. The molecule has 112 valence electrons. The Labute approximate surface area is 128 Å². The third-order valence-electron chi connectivity index (χ3n) is 2.53. The van der Waals surface area contributed by atoms with E-state index in [1.54, 1.807) is 26.0 Å². The molecule has 0 spiro atoms. The van der Waals surface area contributed by atoms with Crippen molar-refractivity contribution in [1.29, 1.82) is 0 Å². The number of carbonyl (C=O) groups is 1. The van der Waals surface area contributed by atoms with Crippen molar-refractivity contribution >= 4 is 27.5 Å². The summed E-state index contributed by atoms with van der Waals surface area (Å²) in [7, 11) is 0. The fraction of sp³-hybridized carbons (Fsp3) is 0.571. The monoisotopic (exact) mass is 344 g/mol. The molecule has 1 aromatic rings. The molecule has 0 bridgehead atoms. The molecule has 0 saturated heterocycles. The van der Waals surface area contributed by atoms with Crippen LogP contribution in [0.2, 0.25) is 0 Å². The fourth-order valence-electron chi connectivity index (χ4n) is 1.37. The summed E-state index contributed by atoms with van der Waals surface area (Å²) in [5.74, 6) is 0.408. The van der Waals surface area contributed by atoms with Gasteiger partial charge in [-0.15, -0.1) is 0 Å². The molecule has 1 amide bonds. The fourth-order valence-corrected chi connectivity index (χ4v) is 1.47. The predicted molar refractivity (Wildman–Crippen MR) is 82.6 cm³/mol. The van der Waals surface area contributed by atoms with Gasteiger partial charge in [0, 0.05) is 12.7 Å². The molecule has 1 aromatic heterocycles. The van der Waals surface area contributed by atoms with Gasteiger partial charge in [0.15, 0.2) is 0 Å². The SMILES string of the molecule is CCOCCOc1ccc(NC(=O)C(C)(C)Br)c(C)n1. The van der Waals surface area contributed by atoms with Crippen molar-refractivity contribution in [3.63, 3.8) is 0 Å². The number of hydrogen-bond donors (Lipinski definition) is 1. The quantitative estimate of drug-likeness (QED) is 0.610. The van der Waals surface area contributed by atoms with E-state index in [1.165, 1.54) is 0 Å². The first-order valence-electron chi connectivity index (χ1n) is 6.53. The first kappa shape index (κ1) is 16.9. The Kier molecular flexibility index (Phi) is 6.42. The molecular formula is C14H21BrN2O3. The van der Waals surface area contributed by atoms with Crippen LogP contribution in [-0.4, -0.2) is 35.0 Å². The summed E-state index contributed by atoms with van der Waals surface area (Å²) < 4.78 is 10.0. The third-order valence-corrected chi connectivity index (χ3v) is 2.89. The summed E-state index contributed by atoms with van der Waals surface area (Å²) in [6.45, 7) is 9.00. The molecule has 0 aliphatic heterocycles. The van der Waals surface area contributed by atoms with Gasteiger partial charge in [0.1, 0.15) is 6.61 Å². The lowest BCUT2D eigenvalue weighted by Crippen LogP contribution is -2.31. The number of aromatic nitrogens is 1. The number of halogens is 1. The topological polar surface area (TPSA) is 60.5 Å². The molecule has 0 radical (unpaired) electrons. The van der Waals surface area contributed by atoms with Gasteiger partial charge in [-0.3, -0.25) is 4.79 Å². The highest BCUT2D eigenvalue weighted by Crippen LogP contribution is 2.22. The highest BCUT2D eigenvalue weighted by atomic mass is 79.9. The maximum Gasteiger partial charge on any atom is 0.240 e. The molecule has 0 aliphatic rings. The van der Waals surface area contributed by atoms with E-state index in [1.807, 2.05) is 13.8 Å². The highest BCUT2D eigenvalue weighted by molar-refractivity contribution is 9.10. The van der Waals surface area contributed by atoms with Crippen LogP contribution in [0, 0.1) is 6.92 Å². The number of carbonyl (C=O) groups excluding carboxylic acids is 1. The van der Waals surface area contributed by atoms with Crippen LogP contribution >= 0.6 is 15.9 Å². The summed E-state index contributed by atoms with van der Waals surface area (Å²) in [6.07, 6.45) is 0. The maximum atomic E-state index is 11.9. The molecule has 5 nitrogen and oxygen atoms in total. The van der Waals surface area contributed by atoms with Crippen LogP contribution in [0.15, 0.2) is 12.1 Å². The van der Waals surface area contributed by atoms with Crippen molar-refractivity contribution in [1.82, 2.24) is 4.98 Å². The minimum absolute atomic E-state index is 0.118. The lowest BCUT2D eigenvalue weighted by Gasteiger charge is -2.17. The molecule has 0 aliphatic carbocycles. The summed E-state index contributed by atoms with van der Waals surface area (Å²) in [6, 6.07) is 3.52. The van der Waals surface area contributed by atoms with Crippen molar-refractivity contribution in [2.45, 2.75) is 32.0 Å². The van der Waals surface area contributed by atoms with E-state index >= 15 is 0 Å². The summed E-state index contributed by atoms with van der Waals surface area (Å²) >= 11 is 3.32. The largest absolute Gasteiger partial charge is 0.475 e. The van der Waals surface area contributed by atoms with Gasteiger partial charge in [0.2, 0.25) is 11.8 Å². The average Bonchev–Trinajstić information content (AvgIpc) is 2.36. The maximum absolute atomic E-state index is 11.9. The van der Waals surface area contributed by atoms with Crippen LogP contribution in [0.1, 0.15) is 26.5 Å². The van der Waals surface area contributed by atoms with Gasteiger partial charge >= 0.3 is 0 Å². The zero-order valence-corrected chi connectivity index (χ0v) is 13.9. The predicted octanol–water partition coefficient (Wildman–Crippen LogP) is 2.92. The number of rotatable bonds is 7. The Bertz CT molecular complexity index is 458. The van der Waals surface area contributed by atoms with Gasteiger partial charge in [-0.1, -0.05) is 15.9 Å². The van der Waals surface area contributed by atoms with E-state index in [4.69, 9.17) is 9.47 Å². The highest BCUT2D eigenvalue weighted by Gasteiger charge is 2.24. The summed E-state index contributed by atoms with van der Waals surface area (Å²) in [5, 5.41) is 2.83. The number of nitrogens with one attached hydrogen (secondary N) is 1. The van der Waals surface area contributed by atoms with E-state index in [9.17, 15) is 4.79 Å². The number of amides is 1. The zero-order valence-electron chi connectivity index (χ0n) is 12.3. The van der Waals surface area contributed by atoms with Crippen LogP contribution in [-0.2, 0) is 9.53 Å². The van der Waals surface area contributed by atoms with E-state index in [-0.39, 0.29) is 5.91 Å². The molecule has 0 atom stereocenters. The molecule has 0 saturated carbocycles.